The van der Waals surface area contributed by atoms with Gasteiger partial charge in [-0.15, -0.1) is 12.6 Å². The zero-order valence-corrected chi connectivity index (χ0v) is 11.2. The lowest BCUT2D eigenvalue weighted by Gasteiger charge is -2.69. The van der Waals surface area contributed by atoms with Crippen LogP contribution >= 0.6 is 12.6 Å². The second-order valence-corrected chi connectivity index (χ2v) is 5.77. The average Bonchev–Trinajstić information content (AvgIpc) is 2.31. The minimum atomic E-state index is 0.109. The fourth-order valence-corrected chi connectivity index (χ4v) is 3.36. The lowest BCUT2D eigenvalue weighted by molar-refractivity contribution is -0.0718. The number of thiol groups is 1. The molecule has 4 rings (SSSR count). The zero-order chi connectivity index (χ0) is 12.8. The Morgan fingerprint density at radius 2 is 2.00 bits per heavy atom. The molecule has 0 aromatic carbocycles. The summed E-state index contributed by atoms with van der Waals surface area (Å²) >= 11 is 4.22. The van der Waals surface area contributed by atoms with Gasteiger partial charge in [0.15, 0.2) is 0 Å². The minimum Gasteiger partial charge on any atom is -0.325 e. The first-order valence-corrected chi connectivity index (χ1v) is 6.53. The summed E-state index contributed by atoms with van der Waals surface area (Å²) in [5.74, 6) is 0. The van der Waals surface area contributed by atoms with E-state index in [0.717, 1.165) is 36.2 Å². The standard InChI is InChI=1S/C13H16N4S/c1-9(12-5-13(14,6-12)7-12)17-11(4-18)10-2-15-8-16-3-10/h2-4,8,18H,5-7,14H2,1H3/b11-4-,17-9?. The smallest absolute Gasteiger partial charge is 0.115 e. The predicted molar refractivity (Wildman–Crippen MR) is 75.3 cm³/mol. The van der Waals surface area contributed by atoms with Gasteiger partial charge in [0.25, 0.3) is 0 Å². The van der Waals surface area contributed by atoms with Gasteiger partial charge in [-0.05, 0) is 31.6 Å². The molecule has 0 unspecified atom stereocenters. The molecule has 1 heterocycles. The van der Waals surface area contributed by atoms with E-state index in [0.29, 0.717) is 0 Å². The first kappa shape index (κ1) is 11.9. The summed E-state index contributed by atoms with van der Waals surface area (Å²) in [6.45, 7) is 2.08. The molecule has 0 radical (unpaired) electrons. The molecular weight excluding hydrogens is 244 g/mol. The maximum atomic E-state index is 6.08. The summed E-state index contributed by atoms with van der Waals surface area (Å²) in [6, 6.07) is 0. The van der Waals surface area contributed by atoms with Crippen LogP contribution in [0.3, 0.4) is 0 Å². The van der Waals surface area contributed by atoms with Crippen molar-refractivity contribution in [3.05, 3.63) is 29.7 Å². The number of nitrogens with two attached hydrogens (primary N) is 1. The Balaban J connectivity index is 1.83. The lowest BCUT2D eigenvalue weighted by atomic mass is 9.38. The molecule has 3 fully saturated rings. The van der Waals surface area contributed by atoms with E-state index in [1.807, 2.05) is 0 Å². The van der Waals surface area contributed by atoms with E-state index in [1.54, 1.807) is 17.8 Å². The molecular formula is C13H16N4S. The Morgan fingerprint density at radius 3 is 2.50 bits per heavy atom. The van der Waals surface area contributed by atoms with Gasteiger partial charge in [-0.2, -0.15) is 0 Å². The van der Waals surface area contributed by atoms with Crippen LogP contribution in [0.4, 0.5) is 0 Å². The fraction of sp³-hybridized carbons (Fsp3) is 0.462. The van der Waals surface area contributed by atoms with Gasteiger partial charge in [-0.3, -0.25) is 4.99 Å². The van der Waals surface area contributed by atoms with Gasteiger partial charge in [-0.25, -0.2) is 9.97 Å². The molecule has 0 saturated heterocycles. The van der Waals surface area contributed by atoms with Crippen molar-refractivity contribution < 1.29 is 0 Å². The molecule has 2 bridgehead atoms. The van der Waals surface area contributed by atoms with Crippen molar-refractivity contribution in [2.45, 2.75) is 31.7 Å². The second-order valence-electron chi connectivity index (χ2n) is 5.51. The van der Waals surface area contributed by atoms with Crippen LogP contribution in [0.5, 0.6) is 0 Å². The van der Waals surface area contributed by atoms with E-state index in [9.17, 15) is 0 Å². The average molecular weight is 260 g/mol. The van der Waals surface area contributed by atoms with Crippen LogP contribution in [0.1, 0.15) is 31.7 Å². The summed E-state index contributed by atoms with van der Waals surface area (Å²) in [5.41, 5.74) is 9.30. The number of aromatic nitrogens is 2. The molecule has 0 amide bonds. The largest absolute Gasteiger partial charge is 0.325 e. The maximum absolute atomic E-state index is 6.08. The molecule has 0 aliphatic heterocycles. The van der Waals surface area contributed by atoms with Gasteiger partial charge in [0.1, 0.15) is 6.33 Å². The van der Waals surface area contributed by atoms with E-state index in [-0.39, 0.29) is 11.0 Å². The fourth-order valence-electron chi connectivity index (χ4n) is 3.15. The molecule has 0 atom stereocenters. The Kier molecular flexibility index (Phi) is 2.57. The van der Waals surface area contributed by atoms with E-state index >= 15 is 0 Å². The Morgan fingerprint density at radius 1 is 1.39 bits per heavy atom. The highest BCUT2D eigenvalue weighted by Crippen LogP contribution is 2.66. The third kappa shape index (κ3) is 1.69. The number of hydrogen-bond donors (Lipinski definition) is 2. The van der Waals surface area contributed by atoms with Crippen molar-refractivity contribution in [1.82, 2.24) is 9.97 Å². The molecule has 3 saturated carbocycles. The van der Waals surface area contributed by atoms with Crippen molar-refractivity contribution in [3.8, 4) is 0 Å². The van der Waals surface area contributed by atoms with Crippen LogP contribution in [0.2, 0.25) is 0 Å². The van der Waals surface area contributed by atoms with Crippen LogP contribution in [-0.2, 0) is 0 Å². The highest BCUT2D eigenvalue weighted by atomic mass is 32.1. The highest BCUT2D eigenvalue weighted by Gasteiger charge is 2.67. The van der Waals surface area contributed by atoms with Gasteiger partial charge < -0.3 is 5.73 Å². The summed E-state index contributed by atoms with van der Waals surface area (Å²) in [5, 5.41) is 1.70. The third-order valence-electron chi connectivity index (χ3n) is 4.11. The van der Waals surface area contributed by atoms with E-state index in [4.69, 9.17) is 10.7 Å². The quantitative estimate of drug-likeness (QED) is 0.646. The first-order chi connectivity index (χ1) is 8.57. The number of rotatable bonds is 3. The molecule has 4 nitrogen and oxygen atoms in total. The Bertz CT molecular complexity index is 515. The Hall–Kier alpha value is -1.20. The molecule has 5 heteroatoms. The monoisotopic (exact) mass is 260 g/mol. The third-order valence-corrected chi connectivity index (χ3v) is 4.35. The molecule has 94 valence electrons. The lowest BCUT2D eigenvalue weighted by Crippen LogP contribution is -2.74. The van der Waals surface area contributed by atoms with Gasteiger partial charge in [0, 0.05) is 34.6 Å². The number of aliphatic imine (C=N–C) groups is 1. The topological polar surface area (TPSA) is 64.2 Å². The summed E-state index contributed by atoms with van der Waals surface area (Å²) in [6.07, 6.45) is 8.22. The molecule has 18 heavy (non-hydrogen) atoms. The van der Waals surface area contributed by atoms with Gasteiger partial charge in [0.2, 0.25) is 0 Å². The normalized spacial score (nSPS) is 34.8. The molecule has 2 N–H and O–H groups in total. The van der Waals surface area contributed by atoms with Crippen LogP contribution in [0.25, 0.3) is 5.70 Å². The molecule has 3 aliphatic carbocycles. The van der Waals surface area contributed by atoms with Gasteiger partial charge >= 0.3 is 0 Å². The van der Waals surface area contributed by atoms with Crippen molar-refractivity contribution in [2.24, 2.45) is 16.1 Å². The highest BCUT2D eigenvalue weighted by molar-refractivity contribution is 7.83. The van der Waals surface area contributed by atoms with Crippen LogP contribution < -0.4 is 5.73 Å². The SMILES string of the molecule is CC(=N/C(=C\S)c1cncnc1)C12CC(N)(C1)C2. The zero-order valence-electron chi connectivity index (χ0n) is 10.3. The van der Waals surface area contributed by atoms with Gasteiger partial charge in [-0.1, -0.05) is 0 Å². The van der Waals surface area contributed by atoms with Crippen LogP contribution in [0, 0.1) is 5.41 Å². The second kappa shape index (κ2) is 3.90. The molecule has 0 spiro atoms. The van der Waals surface area contributed by atoms with E-state index < -0.39 is 0 Å². The van der Waals surface area contributed by atoms with Gasteiger partial charge in [0.05, 0.1) is 5.70 Å². The molecule has 3 aliphatic rings. The summed E-state index contributed by atoms with van der Waals surface area (Å²) < 4.78 is 0. The van der Waals surface area contributed by atoms with Crippen molar-refractivity contribution in [2.75, 3.05) is 0 Å². The number of nitrogens with zero attached hydrogens (tertiary/aromatic N) is 3. The summed E-state index contributed by atoms with van der Waals surface area (Å²) in [4.78, 5) is 12.7. The Labute approximate surface area is 112 Å². The molecule has 1 aromatic heterocycles. The minimum absolute atomic E-state index is 0.109. The predicted octanol–water partition coefficient (Wildman–Crippen LogP) is 2.05. The number of hydrogen-bond acceptors (Lipinski definition) is 5. The summed E-state index contributed by atoms with van der Waals surface area (Å²) in [7, 11) is 0. The maximum Gasteiger partial charge on any atom is 0.115 e. The van der Waals surface area contributed by atoms with E-state index in [1.165, 1.54) is 6.33 Å². The van der Waals surface area contributed by atoms with Crippen molar-refractivity contribution in [3.63, 3.8) is 0 Å². The van der Waals surface area contributed by atoms with Crippen LogP contribution in [0.15, 0.2) is 29.1 Å². The van der Waals surface area contributed by atoms with Crippen molar-refractivity contribution >= 4 is 24.0 Å². The first-order valence-electron chi connectivity index (χ1n) is 6.01. The van der Waals surface area contributed by atoms with E-state index in [2.05, 4.69) is 29.5 Å². The van der Waals surface area contributed by atoms with Crippen molar-refractivity contribution in [1.29, 1.82) is 0 Å². The van der Waals surface area contributed by atoms with Crippen LogP contribution in [-0.4, -0.2) is 21.2 Å². The molecule has 1 aromatic rings.